The van der Waals surface area contributed by atoms with Crippen LogP contribution in [0.4, 0.5) is 11.4 Å². The van der Waals surface area contributed by atoms with Crippen LogP contribution in [0.1, 0.15) is 29.9 Å². The van der Waals surface area contributed by atoms with Crippen LogP contribution in [0, 0.1) is 5.41 Å². The molecule has 2 N–H and O–H groups in total. The lowest BCUT2D eigenvalue weighted by atomic mass is 9.87. The largest absolute Gasteiger partial charge is 0.378 e. The normalized spacial score (nSPS) is 19.3. The van der Waals surface area contributed by atoms with Crippen molar-refractivity contribution in [1.82, 2.24) is 14.7 Å². The van der Waals surface area contributed by atoms with Crippen LogP contribution in [-0.2, 0) is 11.8 Å². The molecule has 4 rings (SSSR count). The van der Waals surface area contributed by atoms with E-state index in [-0.39, 0.29) is 0 Å². The van der Waals surface area contributed by atoms with Crippen molar-refractivity contribution in [3.05, 3.63) is 40.7 Å². The lowest BCUT2D eigenvalue weighted by molar-refractivity contribution is -0.0712. The number of aryl methyl sites for hydroxylation is 1. The highest BCUT2D eigenvalue weighted by atomic mass is 35.5. The first-order chi connectivity index (χ1) is 12.6. The molecule has 138 valence electrons. The highest BCUT2D eigenvalue weighted by Crippen LogP contribution is 2.37. The van der Waals surface area contributed by atoms with Gasteiger partial charge in [0.15, 0.2) is 0 Å². The summed E-state index contributed by atoms with van der Waals surface area (Å²) in [6, 6.07) is 4.62. The minimum Gasteiger partial charge on any atom is -0.378 e. The van der Waals surface area contributed by atoms with Gasteiger partial charge >= 0.3 is 0 Å². The summed E-state index contributed by atoms with van der Waals surface area (Å²) < 4.78 is 7.07. The Labute approximate surface area is 158 Å². The van der Waals surface area contributed by atoms with Gasteiger partial charge in [-0.2, -0.15) is 5.10 Å². The quantitative estimate of drug-likeness (QED) is 0.788. The third-order valence-electron chi connectivity index (χ3n) is 5.41. The monoisotopic (exact) mass is 373 g/mol. The van der Waals surface area contributed by atoms with Crippen LogP contribution in [0.5, 0.6) is 0 Å². The van der Waals surface area contributed by atoms with Gasteiger partial charge in [0, 0.05) is 35.7 Å². The lowest BCUT2D eigenvalue weighted by Gasteiger charge is -2.41. The summed E-state index contributed by atoms with van der Waals surface area (Å²) in [5, 5.41) is 16.0. The molecule has 0 atom stereocenters. The van der Waals surface area contributed by atoms with Crippen LogP contribution in [-0.4, -0.2) is 53.2 Å². The first-order valence-electron chi connectivity index (χ1n) is 9.05. The molecule has 2 aromatic rings. The minimum atomic E-state index is 0.453. The molecular weight excluding hydrogens is 350 g/mol. The van der Waals surface area contributed by atoms with Crippen molar-refractivity contribution in [2.45, 2.75) is 24.8 Å². The Morgan fingerprint density at radius 3 is 2.65 bits per heavy atom. The molecule has 7 heteroatoms. The Morgan fingerprint density at radius 1 is 1.31 bits per heavy atom. The molecule has 0 spiro atoms. The molecule has 2 aliphatic rings. The molecule has 26 heavy (non-hydrogen) atoms. The fourth-order valence-corrected chi connectivity index (χ4v) is 4.12. The van der Waals surface area contributed by atoms with E-state index in [1.807, 2.05) is 19.3 Å². The number of nitrogens with zero attached hydrogens (tertiary/aromatic N) is 3. The molecule has 1 aromatic carbocycles. The zero-order valence-corrected chi connectivity index (χ0v) is 15.7. The molecule has 0 radical (unpaired) electrons. The molecule has 2 fully saturated rings. The van der Waals surface area contributed by atoms with E-state index in [2.05, 4.69) is 21.4 Å². The van der Waals surface area contributed by atoms with Gasteiger partial charge in [-0.3, -0.25) is 9.58 Å². The van der Waals surface area contributed by atoms with Crippen LogP contribution >= 0.6 is 11.6 Å². The number of benzene rings is 1. The van der Waals surface area contributed by atoms with Crippen LogP contribution in [0.3, 0.4) is 0 Å². The van der Waals surface area contributed by atoms with Crippen molar-refractivity contribution < 1.29 is 4.74 Å². The van der Waals surface area contributed by atoms with E-state index in [1.54, 1.807) is 10.9 Å². The predicted octanol–water partition coefficient (Wildman–Crippen LogP) is 3.39. The van der Waals surface area contributed by atoms with Crippen molar-refractivity contribution >= 4 is 29.2 Å². The van der Waals surface area contributed by atoms with Gasteiger partial charge in [-0.25, -0.2) is 0 Å². The van der Waals surface area contributed by atoms with E-state index in [0.29, 0.717) is 12.0 Å². The molecular formula is C19H24ClN5O. The van der Waals surface area contributed by atoms with E-state index in [1.165, 1.54) is 11.8 Å². The number of nitrogens with one attached hydrogen (secondary N) is 2. The number of piperidine rings is 1. The van der Waals surface area contributed by atoms with Crippen molar-refractivity contribution in [2.75, 3.05) is 31.6 Å². The zero-order valence-electron chi connectivity index (χ0n) is 14.9. The highest BCUT2D eigenvalue weighted by Gasteiger charge is 2.30. The van der Waals surface area contributed by atoms with E-state index < -0.39 is 0 Å². The van der Waals surface area contributed by atoms with Crippen molar-refractivity contribution in [2.24, 2.45) is 7.05 Å². The first kappa shape index (κ1) is 17.5. The summed E-state index contributed by atoms with van der Waals surface area (Å²) >= 11 is 6.58. The Bertz CT molecular complexity index is 793. The smallest absolute Gasteiger partial charge is 0.0770 e. The van der Waals surface area contributed by atoms with Crippen LogP contribution in [0.15, 0.2) is 24.5 Å². The number of hydrogen-bond acceptors (Lipinski definition) is 5. The van der Waals surface area contributed by atoms with Gasteiger partial charge in [0.2, 0.25) is 0 Å². The molecule has 0 saturated carbocycles. The summed E-state index contributed by atoms with van der Waals surface area (Å²) in [5.41, 5.74) is 3.77. The Hall–Kier alpha value is -1.89. The Balaban J connectivity index is 1.54. The number of likely N-dealkylation sites (tertiary alicyclic amines) is 1. The molecule has 3 heterocycles. The average molecular weight is 374 g/mol. The maximum atomic E-state index is 7.71. The maximum absolute atomic E-state index is 7.71. The summed E-state index contributed by atoms with van der Waals surface area (Å²) in [4.78, 5) is 2.54. The lowest BCUT2D eigenvalue weighted by Crippen LogP contribution is -2.51. The maximum Gasteiger partial charge on any atom is 0.0770 e. The fourth-order valence-electron chi connectivity index (χ4n) is 3.80. The van der Waals surface area contributed by atoms with Crippen molar-refractivity contribution in [3.8, 4) is 0 Å². The molecule has 0 aliphatic carbocycles. The minimum absolute atomic E-state index is 0.453. The highest BCUT2D eigenvalue weighted by molar-refractivity contribution is 6.32. The predicted molar refractivity (Wildman–Crippen MR) is 104 cm³/mol. The number of hydrogen-bond donors (Lipinski definition) is 2. The number of halogens is 1. The Kier molecular flexibility index (Phi) is 4.98. The number of ether oxygens (including phenoxy) is 1. The SMILES string of the molecule is Cn1cc(Nc2cc(C3CCN(C4COC4)CC3)c(Cl)cc2C=N)cn1. The van der Waals surface area contributed by atoms with Gasteiger partial charge in [0.25, 0.3) is 0 Å². The van der Waals surface area contributed by atoms with Crippen LogP contribution in [0.25, 0.3) is 0 Å². The second-order valence-corrected chi connectivity index (χ2v) is 7.54. The molecule has 0 bridgehead atoms. The average Bonchev–Trinajstić information content (AvgIpc) is 3.00. The molecule has 0 unspecified atom stereocenters. The van der Waals surface area contributed by atoms with Gasteiger partial charge in [-0.05, 0) is 49.5 Å². The fraction of sp³-hybridized carbons (Fsp3) is 0.474. The standard InChI is InChI=1S/C19H24ClN5O/c1-24-10-15(9-22-24)23-19-7-17(18(20)6-14(19)8-21)13-2-4-25(5-3-13)16-11-26-12-16/h6-10,13,16,21,23H,2-5,11-12H2,1H3. The van der Waals surface area contributed by atoms with Crippen molar-refractivity contribution in [1.29, 1.82) is 5.41 Å². The number of rotatable bonds is 5. The molecule has 2 aliphatic heterocycles. The van der Waals surface area contributed by atoms with Gasteiger partial charge in [0.1, 0.15) is 0 Å². The van der Waals surface area contributed by atoms with E-state index in [4.69, 9.17) is 21.7 Å². The van der Waals surface area contributed by atoms with E-state index in [0.717, 1.165) is 61.1 Å². The first-order valence-corrected chi connectivity index (χ1v) is 9.43. The third kappa shape index (κ3) is 3.49. The second kappa shape index (κ2) is 7.39. The van der Waals surface area contributed by atoms with Gasteiger partial charge in [-0.1, -0.05) is 11.6 Å². The molecule has 1 aromatic heterocycles. The zero-order chi connectivity index (χ0) is 18.1. The van der Waals surface area contributed by atoms with Gasteiger partial charge < -0.3 is 15.5 Å². The molecule has 2 saturated heterocycles. The molecule has 6 nitrogen and oxygen atoms in total. The van der Waals surface area contributed by atoms with E-state index >= 15 is 0 Å². The second-order valence-electron chi connectivity index (χ2n) is 7.13. The number of anilines is 2. The van der Waals surface area contributed by atoms with Gasteiger partial charge in [0.05, 0.1) is 31.1 Å². The Morgan fingerprint density at radius 2 is 2.08 bits per heavy atom. The summed E-state index contributed by atoms with van der Waals surface area (Å²) in [6.07, 6.45) is 7.24. The summed E-state index contributed by atoms with van der Waals surface area (Å²) in [7, 11) is 1.89. The van der Waals surface area contributed by atoms with Gasteiger partial charge in [-0.15, -0.1) is 0 Å². The third-order valence-corrected chi connectivity index (χ3v) is 5.74. The van der Waals surface area contributed by atoms with Crippen LogP contribution in [0.2, 0.25) is 5.02 Å². The van der Waals surface area contributed by atoms with Crippen molar-refractivity contribution in [3.63, 3.8) is 0 Å². The number of aromatic nitrogens is 2. The summed E-state index contributed by atoms with van der Waals surface area (Å²) in [5.74, 6) is 0.453. The van der Waals surface area contributed by atoms with Crippen LogP contribution < -0.4 is 5.32 Å². The topological polar surface area (TPSA) is 66.2 Å². The molecule has 0 amide bonds. The van der Waals surface area contributed by atoms with E-state index in [9.17, 15) is 0 Å². The summed E-state index contributed by atoms with van der Waals surface area (Å²) in [6.45, 7) is 3.93.